The van der Waals surface area contributed by atoms with Crippen molar-refractivity contribution in [2.24, 2.45) is 0 Å². The van der Waals surface area contributed by atoms with E-state index in [1.165, 1.54) is 48.0 Å². The Bertz CT molecular complexity index is 1450. The van der Waals surface area contributed by atoms with Crippen molar-refractivity contribution in [2.45, 2.75) is 32.6 Å². The Morgan fingerprint density at radius 1 is 1.05 bits per heavy atom. The van der Waals surface area contributed by atoms with Gasteiger partial charge in [-0.1, -0.05) is 41.4 Å². The lowest BCUT2D eigenvalue weighted by Gasteiger charge is -2.21. The molecule has 0 aliphatic carbocycles. The molecule has 0 unspecified atom stereocenters. The van der Waals surface area contributed by atoms with Crippen molar-refractivity contribution in [2.75, 3.05) is 11.9 Å². The van der Waals surface area contributed by atoms with Crippen LogP contribution in [0.25, 0.3) is 0 Å². The van der Waals surface area contributed by atoms with Gasteiger partial charge in [-0.25, -0.2) is 9.18 Å². The highest BCUT2D eigenvalue weighted by atomic mass is 35.5. The van der Waals surface area contributed by atoms with Crippen molar-refractivity contribution in [1.29, 1.82) is 0 Å². The third-order valence-corrected chi connectivity index (χ3v) is 7.35. The second-order valence-electron chi connectivity index (χ2n) is 8.30. The maximum Gasteiger partial charge on any atom is 0.387 e. The summed E-state index contributed by atoms with van der Waals surface area (Å²) in [6.07, 6.45) is 1.98. The van der Waals surface area contributed by atoms with Crippen molar-refractivity contribution >= 4 is 46.2 Å². The quantitative estimate of drug-likeness (QED) is 0.163. The van der Waals surface area contributed by atoms with Crippen LogP contribution in [0.15, 0.2) is 67.0 Å². The van der Waals surface area contributed by atoms with Gasteiger partial charge in [-0.3, -0.25) is 4.98 Å². The maximum atomic E-state index is 13.9. The molecule has 6 nitrogen and oxygen atoms in total. The molecule has 1 N–H and O–H groups in total. The van der Waals surface area contributed by atoms with E-state index in [4.69, 9.17) is 32.7 Å². The first-order chi connectivity index (χ1) is 19.2. The first-order valence-electron chi connectivity index (χ1n) is 12.0. The lowest BCUT2D eigenvalue weighted by molar-refractivity contribution is -0.0514. The normalized spacial score (nSPS) is 11.8. The van der Waals surface area contributed by atoms with Gasteiger partial charge in [0.05, 0.1) is 22.3 Å². The van der Waals surface area contributed by atoms with Gasteiger partial charge in [0.1, 0.15) is 16.8 Å². The summed E-state index contributed by atoms with van der Waals surface area (Å²) in [4.78, 5) is 18.3. The van der Waals surface area contributed by atoms with E-state index in [0.29, 0.717) is 28.2 Å². The van der Waals surface area contributed by atoms with Gasteiger partial charge < -0.3 is 19.5 Å². The molecule has 0 bridgehead atoms. The Hall–Kier alpha value is -3.47. The van der Waals surface area contributed by atoms with Crippen molar-refractivity contribution in [3.63, 3.8) is 0 Å². The molecule has 4 rings (SSSR count). The molecule has 0 saturated carbocycles. The van der Waals surface area contributed by atoms with Crippen molar-refractivity contribution in [1.82, 2.24) is 4.98 Å². The lowest BCUT2D eigenvalue weighted by atomic mass is 10.0. The maximum absolute atomic E-state index is 13.9. The van der Waals surface area contributed by atoms with Crippen LogP contribution in [0.2, 0.25) is 10.0 Å². The van der Waals surface area contributed by atoms with Gasteiger partial charge in [-0.05, 0) is 54.4 Å². The van der Waals surface area contributed by atoms with Gasteiger partial charge in [0.15, 0.2) is 11.5 Å². The number of carbonyl (C=O) groups is 1. The molecule has 0 saturated heterocycles. The first kappa shape index (κ1) is 29.5. The van der Waals surface area contributed by atoms with Crippen LogP contribution in [0.4, 0.5) is 18.9 Å². The molecule has 0 fully saturated rings. The summed E-state index contributed by atoms with van der Waals surface area (Å²) in [6.45, 7) is -0.862. The predicted molar refractivity (Wildman–Crippen MR) is 148 cm³/mol. The molecular formula is C28H23Cl2F3N2O4S. The number of thiophene rings is 1. The molecule has 12 heteroatoms. The number of carbonyl (C=O) groups excluding carboxylic acids is 1. The van der Waals surface area contributed by atoms with Crippen LogP contribution in [0.1, 0.15) is 38.7 Å². The number of esters is 1. The van der Waals surface area contributed by atoms with E-state index >= 15 is 0 Å². The van der Waals surface area contributed by atoms with Crippen LogP contribution in [0.5, 0.6) is 11.5 Å². The number of ether oxygens (including phenoxy) is 3. The average molecular weight is 611 g/mol. The number of hydrogen-bond donors (Lipinski definition) is 1. The van der Waals surface area contributed by atoms with Gasteiger partial charge in [-0.2, -0.15) is 8.78 Å². The molecule has 1 atom stereocenters. The summed E-state index contributed by atoms with van der Waals surface area (Å²) in [5.41, 5.74) is 1.28. The Labute approximate surface area is 242 Å². The molecule has 4 aromatic rings. The number of aromatic nitrogens is 1. The molecule has 2 aromatic heterocycles. The minimum absolute atomic E-state index is 0.0610. The van der Waals surface area contributed by atoms with Gasteiger partial charge in [-0.15, -0.1) is 11.3 Å². The van der Waals surface area contributed by atoms with E-state index in [2.05, 4.69) is 15.0 Å². The number of nitrogens with one attached hydrogen (secondary N) is 1. The summed E-state index contributed by atoms with van der Waals surface area (Å²) >= 11 is 13.8. The number of alkyl halides is 2. The van der Waals surface area contributed by atoms with E-state index in [9.17, 15) is 18.0 Å². The van der Waals surface area contributed by atoms with Crippen LogP contribution >= 0.6 is 34.5 Å². The molecule has 0 aliphatic heterocycles. The number of nitrogens with zero attached hydrogens (tertiary/aromatic N) is 1. The minimum Gasteiger partial charge on any atom is -0.490 e. The molecule has 2 aromatic carbocycles. The fourth-order valence-corrected chi connectivity index (χ4v) is 5.14. The van der Waals surface area contributed by atoms with Gasteiger partial charge in [0, 0.05) is 30.2 Å². The van der Waals surface area contributed by atoms with Crippen LogP contribution < -0.4 is 14.8 Å². The Morgan fingerprint density at radius 3 is 2.50 bits per heavy atom. The molecule has 0 radical (unpaired) electrons. The van der Waals surface area contributed by atoms with Crippen LogP contribution in [0.3, 0.4) is 0 Å². The van der Waals surface area contributed by atoms with Crippen molar-refractivity contribution in [3.05, 3.63) is 104 Å². The van der Waals surface area contributed by atoms with E-state index in [-0.39, 0.29) is 40.4 Å². The molecular weight excluding hydrogens is 588 g/mol. The monoisotopic (exact) mass is 610 g/mol. The Balaban J connectivity index is 1.58. The third-order valence-electron chi connectivity index (χ3n) is 5.64. The summed E-state index contributed by atoms with van der Waals surface area (Å²) in [7, 11) is 0. The van der Waals surface area contributed by atoms with E-state index in [1.54, 1.807) is 37.3 Å². The molecule has 2 heterocycles. The predicted octanol–water partition coefficient (Wildman–Crippen LogP) is 8.34. The fourth-order valence-electron chi connectivity index (χ4n) is 3.79. The zero-order valence-electron chi connectivity index (χ0n) is 21.0. The number of hydrogen-bond acceptors (Lipinski definition) is 7. The topological polar surface area (TPSA) is 69.7 Å². The zero-order chi connectivity index (χ0) is 28.6. The number of anilines is 1. The number of para-hydroxylation sites is 1. The number of rotatable bonds is 12. The molecule has 0 spiro atoms. The first-order valence-corrected chi connectivity index (χ1v) is 13.6. The molecule has 40 heavy (non-hydrogen) atoms. The number of pyridine rings is 1. The average Bonchev–Trinajstić information content (AvgIpc) is 3.40. The lowest BCUT2D eigenvalue weighted by Crippen LogP contribution is -2.14. The van der Waals surface area contributed by atoms with Crippen molar-refractivity contribution in [3.8, 4) is 11.5 Å². The Morgan fingerprint density at radius 2 is 1.80 bits per heavy atom. The molecule has 210 valence electrons. The standard InChI is InChI=1S/C28H23Cl2F3N2O4S/c1-2-37-25-11-16(7-9-23(25)39-28(32)33)24(12-18-19(29)14-34-15-20(18)30)38-27(36)26-10-8-17(40-26)13-35-22-6-4-3-5-21(22)31/h3-11,14-15,24,28,35H,2,12-13H2,1H3/t24-/m0/s1. The smallest absolute Gasteiger partial charge is 0.387 e. The Kier molecular flexibility index (Phi) is 10.1. The molecule has 0 aliphatic rings. The molecule has 0 amide bonds. The number of halogens is 5. The summed E-state index contributed by atoms with van der Waals surface area (Å²) < 4.78 is 55.7. The van der Waals surface area contributed by atoms with Crippen molar-refractivity contribution < 1.29 is 32.2 Å². The largest absolute Gasteiger partial charge is 0.490 e. The highest BCUT2D eigenvalue weighted by molar-refractivity contribution is 7.13. The summed E-state index contributed by atoms with van der Waals surface area (Å²) in [5, 5.41) is 3.54. The van der Waals surface area contributed by atoms with Gasteiger partial charge >= 0.3 is 12.6 Å². The minimum atomic E-state index is -3.05. The van der Waals surface area contributed by atoms with Crippen LogP contribution in [-0.4, -0.2) is 24.2 Å². The van der Waals surface area contributed by atoms with Crippen LogP contribution in [0, 0.1) is 5.82 Å². The number of benzene rings is 2. The third kappa shape index (κ3) is 7.59. The summed E-state index contributed by atoms with van der Waals surface area (Å²) in [5.74, 6) is -1.10. The SMILES string of the molecule is CCOc1cc([C@H](Cc2c(Cl)cncc2Cl)OC(=O)c2ccc(CNc3ccccc3F)s2)ccc1OC(F)F. The van der Waals surface area contributed by atoms with E-state index < -0.39 is 18.7 Å². The van der Waals surface area contributed by atoms with E-state index in [0.717, 1.165) is 4.88 Å². The second kappa shape index (κ2) is 13.7. The van der Waals surface area contributed by atoms with Gasteiger partial charge in [0.2, 0.25) is 0 Å². The zero-order valence-corrected chi connectivity index (χ0v) is 23.3. The highest BCUT2D eigenvalue weighted by Gasteiger charge is 2.24. The second-order valence-corrected chi connectivity index (χ2v) is 10.3. The van der Waals surface area contributed by atoms with E-state index in [1.807, 2.05) is 0 Å². The fraction of sp³-hybridized carbons (Fsp3) is 0.214. The van der Waals surface area contributed by atoms with Crippen LogP contribution in [-0.2, 0) is 17.7 Å². The van der Waals surface area contributed by atoms with Gasteiger partial charge in [0.25, 0.3) is 0 Å². The highest BCUT2D eigenvalue weighted by Crippen LogP contribution is 2.37. The summed E-state index contributed by atoms with van der Waals surface area (Å²) in [6, 6.07) is 13.9.